The third-order valence-electron chi connectivity index (χ3n) is 3.73. The summed E-state index contributed by atoms with van der Waals surface area (Å²) in [5, 5.41) is 11.8. The van der Waals surface area contributed by atoms with Gasteiger partial charge in [-0.1, -0.05) is 29.3 Å². The average molecular weight is 360 g/mol. The molecule has 0 aromatic heterocycles. The summed E-state index contributed by atoms with van der Waals surface area (Å²) in [6, 6.07) is 5.68. The Balaban J connectivity index is 2.03. The van der Waals surface area contributed by atoms with Gasteiger partial charge in [-0.3, -0.25) is 0 Å². The molecule has 3 N–H and O–H groups in total. The number of piperidine rings is 1. The van der Waals surface area contributed by atoms with Gasteiger partial charge in [0.05, 0.1) is 15.7 Å². The summed E-state index contributed by atoms with van der Waals surface area (Å²) in [5.41, 5.74) is 0.782. The fraction of sp³-hybridized carbons (Fsp3) is 0.562. The molecular weight excluding hydrogens is 337 g/mol. The highest BCUT2D eigenvalue weighted by atomic mass is 35.5. The van der Waals surface area contributed by atoms with Crippen LogP contribution < -0.4 is 16.0 Å². The van der Waals surface area contributed by atoms with Gasteiger partial charge >= 0.3 is 0 Å². The number of hydrogen-bond donors (Lipinski definition) is 3. The largest absolute Gasteiger partial charge is 0.360 e. The highest BCUT2D eigenvalue weighted by Gasteiger charge is 2.37. The maximum Gasteiger partial charge on any atom is 0.171 e. The number of rotatable bonds is 2. The topological polar surface area (TPSA) is 36.1 Å². The Kier molecular flexibility index (Phi) is 5.27. The van der Waals surface area contributed by atoms with E-state index in [2.05, 4.69) is 43.6 Å². The van der Waals surface area contributed by atoms with Crippen LogP contribution in [-0.2, 0) is 0 Å². The molecule has 1 heterocycles. The molecule has 1 aromatic carbocycles. The molecule has 122 valence electrons. The number of benzene rings is 1. The van der Waals surface area contributed by atoms with Gasteiger partial charge in [-0.25, -0.2) is 0 Å². The lowest BCUT2D eigenvalue weighted by molar-refractivity contribution is 0.156. The zero-order valence-corrected chi connectivity index (χ0v) is 15.7. The predicted molar refractivity (Wildman–Crippen MR) is 100 cm³/mol. The smallest absolute Gasteiger partial charge is 0.171 e. The molecule has 1 aliphatic rings. The minimum absolute atomic E-state index is 0.0665. The van der Waals surface area contributed by atoms with Crippen LogP contribution in [0.15, 0.2) is 18.2 Å². The van der Waals surface area contributed by atoms with E-state index in [0.29, 0.717) is 26.9 Å². The second-order valence-electron chi connectivity index (χ2n) is 7.19. The first-order valence-corrected chi connectivity index (χ1v) is 8.55. The number of hydrogen-bond acceptors (Lipinski definition) is 2. The van der Waals surface area contributed by atoms with Crippen molar-refractivity contribution < 1.29 is 0 Å². The molecule has 0 aliphatic carbocycles. The van der Waals surface area contributed by atoms with Gasteiger partial charge in [-0.05, 0) is 64.9 Å². The molecule has 0 atom stereocenters. The van der Waals surface area contributed by atoms with Crippen LogP contribution in [0.4, 0.5) is 5.69 Å². The number of anilines is 1. The molecule has 0 unspecified atom stereocenters. The molecule has 22 heavy (non-hydrogen) atoms. The summed E-state index contributed by atoms with van der Waals surface area (Å²) in [6.07, 6.45) is 1.99. The number of thiocarbonyl (C=S) groups is 1. The van der Waals surface area contributed by atoms with Crippen molar-refractivity contribution in [2.45, 2.75) is 57.7 Å². The summed E-state index contributed by atoms with van der Waals surface area (Å²) in [5.74, 6) is 0. The van der Waals surface area contributed by atoms with Gasteiger partial charge in [-0.15, -0.1) is 0 Å². The quantitative estimate of drug-likeness (QED) is 0.675. The van der Waals surface area contributed by atoms with E-state index in [1.165, 1.54) is 0 Å². The molecule has 1 aliphatic heterocycles. The molecule has 0 amide bonds. The molecule has 1 aromatic rings. The van der Waals surface area contributed by atoms with Crippen molar-refractivity contribution in [2.75, 3.05) is 5.32 Å². The summed E-state index contributed by atoms with van der Waals surface area (Å²) in [6.45, 7) is 8.85. The number of halogens is 2. The van der Waals surface area contributed by atoms with Crippen LogP contribution in [0.5, 0.6) is 0 Å². The first-order chi connectivity index (χ1) is 10.1. The molecule has 0 spiro atoms. The van der Waals surface area contributed by atoms with E-state index in [4.69, 9.17) is 35.4 Å². The van der Waals surface area contributed by atoms with E-state index in [-0.39, 0.29) is 11.1 Å². The van der Waals surface area contributed by atoms with Crippen LogP contribution in [0.1, 0.15) is 40.5 Å². The van der Waals surface area contributed by atoms with Crippen LogP contribution in [0.3, 0.4) is 0 Å². The van der Waals surface area contributed by atoms with Crippen LogP contribution in [0, 0.1) is 0 Å². The van der Waals surface area contributed by atoms with E-state index in [1.54, 1.807) is 12.1 Å². The van der Waals surface area contributed by atoms with E-state index in [1.807, 2.05) is 6.07 Å². The van der Waals surface area contributed by atoms with Crippen molar-refractivity contribution in [3.05, 3.63) is 28.2 Å². The van der Waals surface area contributed by atoms with Crippen molar-refractivity contribution in [2.24, 2.45) is 0 Å². The van der Waals surface area contributed by atoms with Crippen LogP contribution in [-0.4, -0.2) is 22.2 Å². The third kappa shape index (κ3) is 4.72. The lowest BCUT2D eigenvalue weighted by atomic mass is 9.80. The van der Waals surface area contributed by atoms with Crippen molar-refractivity contribution in [3.8, 4) is 0 Å². The van der Waals surface area contributed by atoms with Crippen molar-refractivity contribution in [3.63, 3.8) is 0 Å². The highest BCUT2D eigenvalue weighted by molar-refractivity contribution is 7.80. The number of para-hydroxylation sites is 1. The molecule has 0 bridgehead atoms. The van der Waals surface area contributed by atoms with Gasteiger partial charge < -0.3 is 16.0 Å². The fourth-order valence-corrected chi connectivity index (χ4v) is 4.14. The van der Waals surface area contributed by atoms with Gasteiger partial charge in [0.2, 0.25) is 0 Å². The summed E-state index contributed by atoms with van der Waals surface area (Å²) in [7, 11) is 0. The molecule has 3 nitrogen and oxygen atoms in total. The van der Waals surface area contributed by atoms with Gasteiger partial charge in [-0.2, -0.15) is 0 Å². The third-order valence-corrected chi connectivity index (χ3v) is 4.58. The normalized spacial score (nSPS) is 20.5. The Morgan fingerprint density at radius 1 is 1.14 bits per heavy atom. The van der Waals surface area contributed by atoms with Gasteiger partial charge in [0.25, 0.3) is 0 Å². The monoisotopic (exact) mass is 359 g/mol. The second-order valence-corrected chi connectivity index (χ2v) is 8.42. The lowest BCUT2D eigenvalue weighted by Crippen LogP contribution is -2.62. The maximum atomic E-state index is 6.16. The van der Waals surface area contributed by atoms with E-state index in [9.17, 15) is 0 Å². The zero-order valence-electron chi connectivity index (χ0n) is 13.4. The molecular formula is C16H23Cl2N3S. The summed E-state index contributed by atoms with van der Waals surface area (Å²) >= 11 is 17.8. The van der Waals surface area contributed by atoms with Crippen molar-refractivity contribution in [1.82, 2.24) is 10.6 Å². The molecule has 0 radical (unpaired) electrons. The van der Waals surface area contributed by atoms with E-state index in [0.717, 1.165) is 12.8 Å². The van der Waals surface area contributed by atoms with Crippen molar-refractivity contribution >= 4 is 46.2 Å². The lowest BCUT2D eigenvalue weighted by Gasteiger charge is -2.46. The molecule has 2 rings (SSSR count). The highest BCUT2D eigenvalue weighted by Crippen LogP contribution is 2.31. The minimum Gasteiger partial charge on any atom is -0.360 e. The minimum atomic E-state index is 0.0665. The van der Waals surface area contributed by atoms with Crippen LogP contribution in [0.25, 0.3) is 0 Å². The standard InChI is InChI=1S/C16H23Cl2N3S/c1-15(2)8-10(9-16(3,4)21-15)19-14(22)20-13-11(17)6-5-7-12(13)18/h5-7,10,21H,8-9H2,1-4H3,(H2,19,20,22). The van der Waals surface area contributed by atoms with E-state index >= 15 is 0 Å². The van der Waals surface area contributed by atoms with Gasteiger partial charge in [0, 0.05) is 17.1 Å². The molecule has 6 heteroatoms. The van der Waals surface area contributed by atoms with Gasteiger partial charge in [0.1, 0.15) is 0 Å². The molecule has 1 saturated heterocycles. The first kappa shape index (κ1) is 17.8. The first-order valence-electron chi connectivity index (χ1n) is 7.39. The molecule has 0 saturated carbocycles. The van der Waals surface area contributed by atoms with E-state index < -0.39 is 0 Å². The average Bonchev–Trinajstić information content (AvgIpc) is 2.29. The predicted octanol–water partition coefficient (Wildman–Crippen LogP) is 4.59. The molecule has 1 fully saturated rings. The zero-order chi connectivity index (χ0) is 16.5. The van der Waals surface area contributed by atoms with Crippen molar-refractivity contribution in [1.29, 1.82) is 0 Å². The Bertz CT molecular complexity index is 536. The Hall–Kier alpha value is -0.550. The summed E-state index contributed by atoms with van der Waals surface area (Å²) in [4.78, 5) is 0. The SMILES string of the molecule is CC1(C)CC(NC(=S)Nc2c(Cl)cccc2Cl)CC(C)(C)N1. The fourth-order valence-electron chi connectivity index (χ4n) is 3.38. The Morgan fingerprint density at radius 2 is 1.64 bits per heavy atom. The Morgan fingerprint density at radius 3 is 2.14 bits per heavy atom. The summed E-state index contributed by atoms with van der Waals surface area (Å²) < 4.78 is 0. The van der Waals surface area contributed by atoms with Gasteiger partial charge in [0.15, 0.2) is 5.11 Å². The van der Waals surface area contributed by atoms with Crippen LogP contribution in [0.2, 0.25) is 10.0 Å². The Labute approximate surface area is 148 Å². The second kappa shape index (κ2) is 6.52. The number of nitrogens with one attached hydrogen (secondary N) is 3. The van der Waals surface area contributed by atoms with Crippen LogP contribution >= 0.6 is 35.4 Å². The maximum absolute atomic E-state index is 6.16.